The zero-order chi connectivity index (χ0) is 8.55. The molecular weight excluding hydrogens is 186 g/mol. The highest BCUT2D eigenvalue weighted by Gasteiger charge is 2.26. The number of fused-ring (bicyclic) bond motifs is 1. The molecule has 0 bridgehead atoms. The van der Waals surface area contributed by atoms with E-state index in [1.165, 1.54) is 5.56 Å². The average molecular weight is 200 g/mol. The number of ether oxygens (including phenoxy) is 1. The minimum Gasteiger partial charge on any atom is -0.493 e. The lowest BCUT2D eigenvalue weighted by molar-refractivity contribution is 0.318. The molecule has 2 nitrogen and oxygen atoms in total. The van der Waals surface area contributed by atoms with Crippen molar-refractivity contribution in [3.05, 3.63) is 29.8 Å². The van der Waals surface area contributed by atoms with Crippen LogP contribution >= 0.6 is 12.4 Å². The van der Waals surface area contributed by atoms with Crippen LogP contribution in [-0.4, -0.2) is 12.6 Å². The smallest absolute Gasteiger partial charge is 0.122 e. The molecule has 0 saturated heterocycles. The number of hydrogen-bond donors (Lipinski definition) is 1. The quantitative estimate of drug-likeness (QED) is 0.750. The molecule has 1 aliphatic rings. The highest BCUT2D eigenvalue weighted by atomic mass is 35.5. The number of benzene rings is 1. The van der Waals surface area contributed by atoms with E-state index in [4.69, 9.17) is 10.5 Å². The van der Waals surface area contributed by atoms with E-state index >= 15 is 0 Å². The molecule has 0 radical (unpaired) electrons. The Balaban J connectivity index is 0.000000845. The van der Waals surface area contributed by atoms with Gasteiger partial charge in [0.1, 0.15) is 5.75 Å². The number of para-hydroxylation sites is 1. The molecule has 0 aliphatic carbocycles. The number of rotatable bonds is 1. The maximum absolute atomic E-state index is 5.83. The van der Waals surface area contributed by atoms with E-state index in [0.29, 0.717) is 5.92 Å². The first-order valence-electron chi connectivity index (χ1n) is 4.26. The van der Waals surface area contributed by atoms with E-state index in [2.05, 4.69) is 6.07 Å². The van der Waals surface area contributed by atoms with Crippen molar-refractivity contribution < 1.29 is 4.74 Å². The van der Waals surface area contributed by atoms with Gasteiger partial charge in [-0.15, -0.1) is 12.4 Å². The molecule has 0 fully saturated rings. The van der Waals surface area contributed by atoms with Crippen LogP contribution in [0, 0.1) is 0 Å². The van der Waals surface area contributed by atoms with Gasteiger partial charge in [0.25, 0.3) is 0 Å². The Labute approximate surface area is 84.5 Å². The lowest BCUT2D eigenvalue weighted by Gasteiger charge is -2.11. The second-order valence-corrected chi connectivity index (χ2v) is 3.31. The molecule has 1 aliphatic heterocycles. The molecule has 0 spiro atoms. The van der Waals surface area contributed by atoms with Gasteiger partial charge in [-0.05, 0) is 13.0 Å². The van der Waals surface area contributed by atoms with Gasteiger partial charge < -0.3 is 10.5 Å². The van der Waals surface area contributed by atoms with E-state index in [-0.39, 0.29) is 18.4 Å². The molecule has 1 aromatic rings. The van der Waals surface area contributed by atoms with E-state index in [1.807, 2.05) is 25.1 Å². The largest absolute Gasteiger partial charge is 0.493 e. The fourth-order valence-electron chi connectivity index (χ4n) is 1.62. The van der Waals surface area contributed by atoms with Gasteiger partial charge in [-0.3, -0.25) is 0 Å². The van der Waals surface area contributed by atoms with Crippen LogP contribution in [0.2, 0.25) is 0 Å². The minimum atomic E-state index is 0. The highest BCUT2D eigenvalue weighted by molar-refractivity contribution is 5.85. The summed E-state index contributed by atoms with van der Waals surface area (Å²) in [6.07, 6.45) is 0. The van der Waals surface area contributed by atoms with Crippen LogP contribution in [0.4, 0.5) is 0 Å². The van der Waals surface area contributed by atoms with Gasteiger partial charge in [-0.1, -0.05) is 18.2 Å². The molecule has 3 heteroatoms. The van der Waals surface area contributed by atoms with Crippen LogP contribution in [0.3, 0.4) is 0 Å². The molecule has 0 amide bonds. The fourth-order valence-corrected chi connectivity index (χ4v) is 1.62. The molecular formula is C10H14ClNO. The van der Waals surface area contributed by atoms with Gasteiger partial charge in [0.15, 0.2) is 0 Å². The first-order valence-corrected chi connectivity index (χ1v) is 4.26. The predicted molar refractivity (Wildman–Crippen MR) is 55.6 cm³/mol. The Morgan fingerprint density at radius 1 is 1.46 bits per heavy atom. The average Bonchev–Trinajstić information content (AvgIpc) is 2.47. The molecule has 1 heterocycles. The lowest BCUT2D eigenvalue weighted by atomic mass is 9.95. The molecule has 2 unspecified atom stereocenters. The summed E-state index contributed by atoms with van der Waals surface area (Å²) in [7, 11) is 0. The molecule has 0 saturated carbocycles. The summed E-state index contributed by atoms with van der Waals surface area (Å²) < 4.78 is 5.49. The van der Waals surface area contributed by atoms with Crippen molar-refractivity contribution in [3.8, 4) is 5.75 Å². The Hall–Kier alpha value is -0.730. The first kappa shape index (κ1) is 10.4. The van der Waals surface area contributed by atoms with Gasteiger partial charge in [0.05, 0.1) is 6.61 Å². The van der Waals surface area contributed by atoms with Crippen molar-refractivity contribution in [3.63, 3.8) is 0 Å². The maximum Gasteiger partial charge on any atom is 0.122 e. The van der Waals surface area contributed by atoms with Crippen molar-refractivity contribution in [2.24, 2.45) is 5.73 Å². The van der Waals surface area contributed by atoms with Crippen molar-refractivity contribution >= 4 is 12.4 Å². The van der Waals surface area contributed by atoms with E-state index in [1.54, 1.807) is 0 Å². The normalized spacial score (nSPS) is 21.2. The zero-order valence-corrected chi connectivity index (χ0v) is 8.38. The Morgan fingerprint density at radius 2 is 2.15 bits per heavy atom. The van der Waals surface area contributed by atoms with Crippen LogP contribution in [0.1, 0.15) is 18.4 Å². The second kappa shape index (κ2) is 3.99. The summed E-state index contributed by atoms with van der Waals surface area (Å²) >= 11 is 0. The van der Waals surface area contributed by atoms with Crippen molar-refractivity contribution in [1.29, 1.82) is 0 Å². The van der Waals surface area contributed by atoms with Crippen molar-refractivity contribution in [2.75, 3.05) is 6.61 Å². The number of nitrogens with two attached hydrogens (primary N) is 1. The number of halogens is 1. The fraction of sp³-hybridized carbons (Fsp3) is 0.400. The molecule has 13 heavy (non-hydrogen) atoms. The Morgan fingerprint density at radius 3 is 2.85 bits per heavy atom. The van der Waals surface area contributed by atoms with Crippen molar-refractivity contribution in [1.82, 2.24) is 0 Å². The monoisotopic (exact) mass is 199 g/mol. The van der Waals surface area contributed by atoms with Crippen LogP contribution < -0.4 is 10.5 Å². The zero-order valence-electron chi connectivity index (χ0n) is 7.57. The first-order chi connectivity index (χ1) is 5.79. The third-order valence-electron chi connectivity index (χ3n) is 2.37. The summed E-state index contributed by atoms with van der Waals surface area (Å²) in [4.78, 5) is 0. The molecule has 2 rings (SSSR count). The van der Waals surface area contributed by atoms with E-state index in [9.17, 15) is 0 Å². The Kier molecular flexibility index (Phi) is 3.17. The Bertz CT molecular complexity index is 288. The summed E-state index contributed by atoms with van der Waals surface area (Å²) in [5.74, 6) is 1.38. The third-order valence-corrected chi connectivity index (χ3v) is 2.37. The SMILES string of the molecule is CC(N)C1COc2ccccc21.Cl. The third kappa shape index (κ3) is 1.79. The summed E-state index contributed by atoms with van der Waals surface area (Å²) in [6, 6.07) is 8.29. The van der Waals surface area contributed by atoms with Gasteiger partial charge in [-0.2, -0.15) is 0 Å². The molecule has 1 aromatic carbocycles. The minimum absolute atomic E-state index is 0. The summed E-state index contributed by atoms with van der Waals surface area (Å²) in [6.45, 7) is 2.76. The number of hydrogen-bond acceptors (Lipinski definition) is 2. The predicted octanol–water partition coefficient (Wildman–Crippen LogP) is 1.93. The highest BCUT2D eigenvalue weighted by Crippen LogP contribution is 2.34. The summed E-state index contributed by atoms with van der Waals surface area (Å²) in [5, 5.41) is 0. The molecule has 2 N–H and O–H groups in total. The molecule has 72 valence electrons. The van der Waals surface area contributed by atoms with E-state index < -0.39 is 0 Å². The maximum atomic E-state index is 5.83. The van der Waals surface area contributed by atoms with Crippen LogP contribution in [0.25, 0.3) is 0 Å². The topological polar surface area (TPSA) is 35.2 Å². The van der Waals surface area contributed by atoms with Gasteiger partial charge >= 0.3 is 0 Å². The van der Waals surface area contributed by atoms with Crippen LogP contribution in [0.15, 0.2) is 24.3 Å². The lowest BCUT2D eigenvalue weighted by Crippen LogP contribution is -2.25. The van der Waals surface area contributed by atoms with Crippen LogP contribution in [0.5, 0.6) is 5.75 Å². The second-order valence-electron chi connectivity index (χ2n) is 3.31. The van der Waals surface area contributed by atoms with E-state index in [0.717, 1.165) is 12.4 Å². The van der Waals surface area contributed by atoms with Crippen LogP contribution in [-0.2, 0) is 0 Å². The molecule has 2 atom stereocenters. The molecule has 0 aromatic heterocycles. The van der Waals surface area contributed by atoms with Gasteiger partial charge in [0.2, 0.25) is 0 Å². The van der Waals surface area contributed by atoms with Gasteiger partial charge in [0, 0.05) is 17.5 Å². The summed E-state index contributed by atoms with van der Waals surface area (Å²) in [5.41, 5.74) is 7.09. The van der Waals surface area contributed by atoms with Gasteiger partial charge in [-0.25, -0.2) is 0 Å². The van der Waals surface area contributed by atoms with Crippen molar-refractivity contribution in [2.45, 2.75) is 18.9 Å². The standard InChI is InChI=1S/C10H13NO.ClH/c1-7(11)9-6-12-10-5-3-2-4-8(9)10;/h2-5,7,9H,6,11H2,1H3;1H.